The molecule has 1 aliphatic rings. The van der Waals surface area contributed by atoms with E-state index in [0.29, 0.717) is 18.7 Å². The van der Waals surface area contributed by atoms with Crippen LogP contribution >= 0.6 is 0 Å². The van der Waals surface area contributed by atoms with Gasteiger partial charge < -0.3 is 15.7 Å². The number of amides is 1. The van der Waals surface area contributed by atoms with Gasteiger partial charge in [0.05, 0.1) is 24.0 Å². The van der Waals surface area contributed by atoms with Crippen LogP contribution < -0.4 is 10.6 Å². The van der Waals surface area contributed by atoms with Gasteiger partial charge in [-0.25, -0.2) is 9.97 Å². The highest BCUT2D eigenvalue weighted by Crippen LogP contribution is 2.12. The maximum atomic E-state index is 11.9. The Balaban J connectivity index is 1.65. The standard InChI is InChI=1S/C13H15N5O2/c19-10-5-11(15-7-10)13(20)17-9-1-2-12(16-6-9)18-4-3-14-8-18/h1-4,6,8,10-11,15,19H,5,7H2,(H,17,20). The molecule has 0 aromatic carbocycles. The van der Waals surface area contributed by atoms with Gasteiger partial charge in [0.25, 0.3) is 0 Å². The molecule has 1 saturated heterocycles. The van der Waals surface area contributed by atoms with E-state index >= 15 is 0 Å². The van der Waals surface area contributed by atoms with Gasteiger partial charge in [-0.2, -0.15) is 0 Å². The van der Waals surface area contributed by atoms with Gasteiger partial charge >= 0.3 is 0 Å². The van der Waals surface area contributed by atoms with E-state index in [9.17, 15) is 9.90 Å². The minimum absolute atomic E-state index is 0.154. The number of carbonyl (C=O) groups excluding carboxylic acids is 1. The number of β-amino-alcohol motifs (C(OH)–C–C–N with tert-alkyl or cyclic N) is 1. The van der Waals surface area contributed by atoms with Crippen LogP contribution in [-0.4, -0.2) is 44.2 Å². The summed E-state index contributed by atoms with van der Waals surface area (Å²) in [7, 11) is 0. The van der Waals surface area contributed by atoms with Crippen molar-refractivity contribution < 1.29 is 9.90 Å². The molecule has 3 N–H and O–H groups in total. The molecule has 3 rings (SSSR count). The first-order valence-electron chi connectivity index (χ1n) is 6.39. The van der Waals surface area contributed by atoms with E-state index in [1.807, 2.05) is 0 Å². The molecule has 2 unspecified atom stereocenters. The second-order valence-corrected chi connectivity index (χ2v) is 4.71. The van der Waals surface area contributed by atoms with Crippen LogP contribution in [0.3, 0.4) is 0 Å². The molecule has 7 heteroatoms. The molecular formula is C13H15N5O2. The van der Waals surface area contributed by atoms with Crippen molar-refractivity contribution in [2.24, 2.45) is 0 Å². The fourth-order valence-corrected chi connectivity index (χ4v) is 2.15. The third-order valence-corrected chi connectivity index (χ3v) is 3.21. The Morgan fingerprint density at radius 3 is 3.00 bits per heavy atom. The largest absolute Gasteiger partial charge is 0.392 e. The van der Waals surface area contributed by atoms with Crippen LogP contribution in [0.15, 0.2) is 37.1 Å². The van der Waals surface area contributed by atoms with Crippen molar-refractivity contribution in [1.29, 1.82) is 0 Å². The summed E-state index contributed by atoms with van der Waals surface area (Å²) >= 11 is 0. The zero-order valence-corrected chi connectivity index (χ0v) is 10.7. The minimum atomic E-state index is -0.451. The molecule has 1 aliphatic heterocycles. The van der Waals surface area contributed by atoms with Gasteiger partial charge in [-0.3, -0.25) is 9.36 Å². The number of nitrogens with zero attached hydrogens (tertiary/aromatic N) is 3. The van der Waals surface area contributed by atoms with Crippen molar-refractivity contribution >= 4 is 11.6 Å². The molecule has 20 heavy (non-hydrogen) atoms. The maximum absolute atomic E-state index is 11.9. The van der Waals surface area contributed by atoms with Crippen molar-refractivity contribution in [3.05, 3.63) is 37.1 Å². The van der Waals surface area contributed by atoms with Crippen LogP contribution in [0.4, 0.5) is 5.69 Å². The third kappa shape index (κ3) is 2.68. The quantitative estimate of drug-likeness (QED) is 0.728. The average molecular weight is 273 g/mol. The number of aromatic nitrogens is 3. The summed E-state index contributed by atoms with van der Waals surface area (Å²) in [6.45, 7) is 0.454. The first-order chi connectivity index (χ1) is 9.72. The molecule has 104 valence electrons. The number of nitrogens with one attached hydrogen (secondary N) is 2. The number of rotatable bonds is 3. The summed E-state index contributed by atoms with van der Waals surface area (Å²) < 4.78 is 1.78. The van der Waals surface area contributed by atoms with Crippen LogP contribution in [0.5, 0.6) is 0 Å². The minimum Gasteiger partial charge on any atom is -0.392 e. The molecule has 0 spiro atoms. The number of imidazole rings is 1. The number of aliphatic hydroxyl groups is 1. The van der Waals surface area contributed by atoms with E-state index in [2.05, 4.69) is 20.6 Å². The van der Waals surface area contributed by atoms with Gasteiger partial charge in [-0.15, -0.1) is 0 Å². The molecule has 2 atom stereocenters. The predicted octanol–water partition coefficient (Wildman–Crippen LogP) is -0.0714. The lowest BCUT2D eigenvalue weighted by Crippen LogP contribution is -2.35. The second kappa shape index (κ2) is 5.40. The van der Waals surface area contributed by atoms with E-state index in [1.54, 1.807) is 41.6 Å². The lowest BCUT2D eigenvalue weighted by Gasteiger charge is -2.11. The zero-order valence-electron chi connectivity index (χ0n) is 10.7. The summed E-state index contributed by atoms with van der Waals surface area (Å²) in [5, 5.41) is 15.1. The molecule has 3 heterocycles. The number of anilines is 1. The molecule has 2 aromatic heterocycles. The smallest absolute Gasteiger partial charge is 0.241 e. The van der Waals surface area contributed by atoms with Gasteiger partial charge in [0, 0.05) is 18.9 Å². The Labute approximate surface area is 115 Å². The monoisotopic (exact) mass is 273 g/mol. The van der Waals surface area contributed by atoms with Crippen LogP contribution in [0.2, 0.25) is 0 Å². The zero-order chi connectivity index (χ0) is 13.9. The average Bonchev–Trinajstić information content (AvgIpc) is 3.10. The number of pyridine rings is 1. The lowest BCUT2D eigenvalue weighted by atomic mass is 10.2. The Bertz CT molecular complexity index is 581. The molecule has 2 aromatic rings. The number of carbonyl (C=O) groups is 1. The SMILES string of the molecule is O=C(Nc1ccc(-n2ccnc2)nc1)C1CC(O)CN1. The van der Waals surface area contributed by atoms with Crippen molar-refractivity contribution in [1.82, 2.24) is 19.9 Å². The third-order valence-electron chi connectivity index (χ3n) is 3.21. The molecule has 0 radical (unpaired) electrons. The maximum Gasteiger partial charge on any atom is 0.241 e. The normalized spacial score (nSPS) is 21.9. The van der Waals surface area contributed by atoms with Gasteiger partial charge in [-0.05, 0) is 18.6 Å². The predicted molar refractivity (Wildman–Crippen MR) is 72.4 cm³/mol. The lowest BCUT2D eigenvalue weighted by molar-refractivity contribution is -0.117. The molecule has 0 saturated carbocycles. The van der Waals surface area contributed by atoms with Gasteiger partial charge in [0.2, 0.25) is 5.91 Å². The number of hydrogen-bond acceptors (Lipinski definition) is 5. The topological polar surface area (TPSA) is 92.1 Å². The summed E-state index contributed by atoms with van der Waals surface area (Å²) in [4.78, 5) is 20.2. The highest BCUT2D eigenvalue weighted by molar-refractivity contribution is 5.94. The van der Waals surface area contributed by atoms with Gasteiger partial charge in [-0.1, -0.05) is 0 Å². The van der Waals surface area contributed by atoms with Crippen LogP contribution in [-0.2, 0) is 4.79 Å². The fraction of sp³-hybridized carbons (Fsp3) is 0.308. The molecule has 1 fully saturated rings. The van der Waals surface area contributed by atoms with Crippen molar-refractivity contribution in [3.63, 3.8) is 0 Å². The molecule has 0 aliphatic carbocycles. The fourth-order valence-electron chi connectivity index (χ4n) is 2.15. The Morgan fingerprint density at radius 1 is 1.50 bits per heavy atom. The molecule has 7 nitrogen and oxygen atoms in total. The summed E-state index contributed by atoms with van der Waals surface area (Å²) in [6, 6.07) is 3.23. The highest BCUT2D eigenvalue weighted by atomic mass is 16.3. The van der Waals surface area contributed by atoms with E-state index < -0.39 is 6.10 Å². The highest BCUT2D eigenvalue weighted by Gasteiger charge is 2.27. The van der Waals surface area contributed by atoms with E-state index in [4.69, 9.17) is 0 Å². The molecular weight excluding hydrogens is 258 g/mol. The Morgan fingerprint density at radius 2 is 2.40 bits per heavy atom. The van der Waals surface area contributed by atoms with Crippen LogP contribution in [0, 0.1) is 0 Å². The van der Waals surface area contributed by atoms with E-state index in [-0.39, 0.29) is 11.9 Å². The van der Waals surface area contributed by atoms with Gasteiger partial charge in [0.15, 0.2) is 0 Å². The summed E-state index contributed by atoms with van der Waals surface area (Å²) in [5.41, 5.74) is 0.627. The Hall–Kier alpha value is -2.25. The second-order valence-electron chi connectivity index (χ2n) is 4.71. The molecule has 1 amide bonds. The van der Waals surface area contributed by atoms with Crippen molar-refractivity contribution in [2.45, 2.75) is 18.6 Å². The summed E-state index contributed by atoms with van der Waals surface area (Å²) in [6.07, 6.45) is 6.71. The van der Waals surface area contributed by atoms with Gasteiger partial charge in [0.1, 0.15) is 12.1 Å². The molecule has 0 bridgehead atoms. The van der Waals surface area contributed by atoms with Crippen LogP contribution in [0.25, 0.3) is 5.82 Å². The van der Waals surface area contributed by atoms with Crippen LogP contribution in [0.1, 0.15) is 6.42 Å². The van der Waals surface area contributed by atoms with Crippen molar-refractivity contribution in [2.75, 3.05) is 11.9 Å². The number of aliphatic hydroxyl groups excluding tert-OH is 1. The first kappa shape index (κ1) is 12.8. The first-order valence-corrected chi connectivity index (χ1v) is 6.39. The van der Waals surface area contributed by atoms with E-state index in [1.165, 1.54) is 0 Å². The van der Waals surface area contributed by atoms with E-state index in [0.717, 1.165) is 5.82 Å². The van der Waals surface area contributed by atoms with Crippen molar-refractivity contribution in [3.8, 4) is 5.82 Å². The summed E-state index contributed by atoms with van der Waals surface area (Å²) in [5.74, 6) is 0.577. The number of hydrogen-bond donors (Lipinski definition) is 3. The Kier molecular flexibility index (Phi) is 3.44.